The van der Waals surface area contributed by atoms with Gasteiger partial charge in [0.05, 0.1) is 0 Å². The predicted molar refractivity (Wildman–Crippen MR) is 40.6 cm³/mol. The third-order valence-electron chi connectivity index (χ3n) is 1.83. The minimum Gasteiger partial charge on any atom is -0.170 e. The van der Waals surface area contributed by atoms with Crippen LogP contribution in [0.1, 0.15) is 13.8 Å². The van der Waals surface area contributed by atoms with Gasteiger partial charge in [0, 0.05) is 0 Å². The molecule has 0 radical (unpaired) electrons. The van der Waals surface area contributed by atoms with Crippen LogP contribution in [0.2, 0.25) is 0 Å². The Morgan fingerprint density at radius 2 is 2.00 bits per heavy atom. The number of alkyl halides is 3. The van der Waals surface area contributed by atoms with E-state index in [2.05, 4.69) is 5.73 Å². The molecule has 1 aliphatic carbocycles. The highest BCUT2D eigenvalue weighted by Gasteiger charge is 2.48. The van der Waals surface area contributed by atoms with Gasteiger partial charge < -0.3 is 0 Å². The minimum atomic E-state index is -4.23. The summed E-state index contributed by atoms with van der Waals surface area (Å²) in [4.78, 5) is 0. The van der Waals surface area contributed by atoms with Crippen molar-refractivity contribution >= 4 is 0 Å². The summed E-state index contributed by atoms with van der Waals surface area (Å²) in [5.41, 5.74) is 1.25. The number of hydrogen-bond acceptors (Lipinski definition) is 0. The molecule has 1 rings (SSSR count). The normalized spacial score (nSPS) is 28.9. The van der Waals surface area contributed by atoms with Crippen LogP contribution in [0.25, 0.3) is 0 Å². The van der Waals surface area contributed by atoms with Crippen molar-refractivity contribution in [3.05, 3.63) is 29.5 Å². The fraction of sp³-hybridized carbons (Fsp3) is 0.444. The number of hydrogen-bond donors (Lipinski definition) is 0. The topological polar surface area (TPSA) is 0 Å². The van der Waals surface area contributed by atoms with Crippen molar-refractivity contribution in [3.63, 3.8) is 0 Å². The summed E-state index contributed by atoms with van der Waals surface area (Å²) in [6.07, 6.45) is -0.452. The molecule has 0 saturated carbocycles. The summed E-state index contributed by atoms with van der Waals surface area (Å²) in [7, 11) is 0. The lowest BCUT2D eigenvalue weighted by Gasteiger charge is -2.26. The maximum atomic E-state index is 12.4. The van der Waals surface area contributed by atoms with Crippen LogP contribution in [-0.4, -0.2) is 6.18 Å². The van der Waals surface area contributed by atoms with Gasteiger partial charge in [-0.05, 0) is 31.6 Å². The van der Waals surface area contributed by atoms with E-state index in [0.717, 1.165) is 13.0 Å². The van der Waals surface area contributed by atoms with Gasteiger partial charge in [0.15, 0.2) is 0 Å². The average molecular weight is 174 g/mol. The van der Waals surface area contributed by atoms with Crippen molar-refractivity contribution < 1.29 is 13.2 Å². The molecule has 0 nitrogen and oxygen atoms in total. The van der Waals surface area contributed by atoms with Crippen molar-refractivity contribution in [1.82, 2.24) is 0 Å². The van der Waals surface area contributed by atoms with Crippen molar-refractivity contribution in [2.75, 3.05) is 0 Å². The smallest absolute Gasteiger partial charge is 0.170 e. The maximum Gasteiger partial charge on any atom is 0.401 e. The monoisotopic (exact) mass is 174 g/mol. The van der Waals surface area contributed by atoms with Gasteiger partial charge in [-0.2, -0.15) is 13.2 Å². The Morgan fingerprint density at radius 1 is 1.42 bits per heavy atom. The Bertz CT molecular complexity index is 277. The van der Waals surface area contributed by atoms with Crippen molar-refractivity contribution in [2.45, 2.75) is 20.0 Å². The van der Waals surface area contributed by atoms with E-state index in [1.807, 2.05) is 0 Å². The van der Waals surface area contributed by atoms with Crippen molar-refractivity contribution in [2.24, 2.45) is 5.41 Å². The Balaban J connectivity index is 3.12. The summed E-state index contributed by atoms with van der Waals surface area (Å²) in [6, 6.07) is 0. The van der Waals surface area contributed by atoms with E-state index in [0.29, 0.717) is 5.57 Å². The van der Waals surface area contributed by atoms with Gasteiger partial charge in [0.1, 0.15) is 5.41 Å². The van der Waals surface area contributed by atoms with Crippen molar-refractivity contribution in [1.29, 1.82) is 0 Å². The largest absolute Gasteiger partial charge is 0.401 e. The van der Waals surface area contributed by atoms with E-state index in [4.69, 9.17) is 0 Å². The van der Waals surface area contributed by atoms with Crippen LogP contribution in [0.5, 0.6) is 0 Å². The van der Waals surface area contributed by atoms with Gasteiger partial charge in [0.25, 0.3) is 0 Å². The van der Waals surface area contributed by atoms with E-state index < -0.39 is 11.6 Å². The molecule has 3 heteroatoms. The lowest BCUT2D eigenvalue weighted by Crippen LogP contribution is -2.31. The third kappa shape index (κ3) is 1.46. The molecule has 0 spiro atoms. The molecule has 0 aromatic heterocycles. The zero-order valence-electron chi connectivity index (χ0n) is 6.87. The van der Waals surface area contributed by atoms with E-state index >= 15 is 0 Å². The standard InChI is InChI=1S/C9H9F3/c1-7-4-3-5-8(2,6-7)9(10,11)12/h4-6H,1-2H3. The molecule has 0 saturated heterocycles. The van der Waals surface area contributed by atoms with Gasteiger partial charge in [-0.3, -0.25) is 0 Å². The predicted octanol–water partition coefficient (Wildman–Crippen LogP) is 3.23. The molecule has 1 aliphatic rings. The molecular formula is C9H9F3. The minimum absolute atomic E-state index is 0.595. The first-order chi connectivity index (χ1) is 5.35. The number of halogens is 3. The molecular weight excluding hydrogens is 165 g/mol. The summed E-state index contributed by atoms with van der Waals surface area (Å²) in [5, 5.41) is 0. The average Bonchev–Trinajstić information content (AvgIpc) is 1.83. The highest BCUT2D eigenvalue weighted by atomic mass is 19.4. The van der Waals surface area contributed by atoms with Crippen LogP contribution in [0, 0.1) is 5.41 Å². The second kappa shape index (κ2) is 2.53. The van der Waals surface area contributed by atoms with Gasteiger partial charge in [-0.25, -0.2) is 0 Å². The zero-order valence-corrected chi connectivity index (χ0v) is 6.87. The Kier molecular flexibility index (Phi) is 1.92. The van der Waals surface area contributed by atoms with Crippen LogP contribution in [0.4, 0.5) is 13.2 Å². The van der Waals surface area contributed by atoms with E-state index in [9.17, 15) is 13.2 Å². The Morgan fingerprint density at radius 3 is 2.33 bits per heavy atom. The quantitative estimate of drug-likeness (QED) is 0.494. The van der Waals surface area contributed by atoms with Gasteiger partial charge in [0.2, 0.25) is 0 Å². The third-order valence-corrected chi connectivity index (χ3v) is 1.83. The maximum absolute atomic E-state index is 12.4. The second-order valence-corrected chi connectivity index (χ2v) is 3.12. The van der Waals surface area contributed by atoms with Crippen LogP contribution >= 0.6 is 0 Å². The van der Waals surface area contributed by atoms with Crippen LogP contribution in [-0.2, 0) is 0 Å². The molecule has 66 valence electrons. The second-order valence-electron chi connectivity index (χ2n) is 3.12. The molecule has 0 N–H and O–H groups in total. The fourth-order valence-electron chi connectivity index (χ4n) is 1.07. The fourth-order valence-corrected chi connectivity index (χ4v) is 1.07. The summed E-state index contributed by atoms with van der Waals surface area (Å²) < 4.78 is 37.1. The zero-order chi connectivity index (χ0) is 9.41. The van der Waals surface area contributed by atoms with Crippen LogP contribution in [0.15, 0.2) is 29.5 Å². The van der Waals surface area contributed by atoms with E-state index in [-0.39, 0.29) is 0 Å². The molecule has 1 atom stereocenters. The van der Waals surface area contributed by atoms with Gasteiger partial charge in [-0.15, -0.1) is 5.73 Å². The first-order valence-corrected chi connectivity index (χ1v) is 3.55. The molecule has 12 heavy (non-hydrogen) atoms. The summed E-state index contributed by atoms with van der Waals surface area (Å²) in [5.74, 6) is 0. The van der Waals surface area contributed by atoms with Crippen molar-refractivity contribution in [3.8, 4) is 0 Å². The molecule has 0 bridgehead atoms. The molecule has 0 aromatic carbocycles. The summed E-state index contributed by atoms with van der Waals surface area (Å²) >= 11 is 0. The highest BCUT2D eigenvalue weighted by molar-refractivity contribution is 5.28. The number of allylic oxidation sites excluding steroid dienone is 3. The molecule has 0 amide bonds. The molecule has 1 unspecified atom stereocenters. The van der Waals surface area contributed by atoms with E-state index in [1.54, 1.807) is 6.92 Å². The molecule has 0 heterocycles. The van der Waals surface area contributed by atoms with Crippen LogP contribution < -0.4 is 0 Å². The van der Waals surface area contributed by atoms with Gasteiger partial charge >= 0.3 is 6.18 Å². The molecule has 0 aromatic rings. The molecule has 0 fully saturated rings. The summed E-state index contributed by atoms with van der Waals surface area (Å²) in [6.45, 7) is 2.76. The highest BCUT2D eigenvalue weighted by Crippen LogP contribution is 2.42. The van der Waals surface area contributed by atoms with Crippen LogP contribution in [0.3, 0.4) is 0 Å². The lowest BCUT2D eigenvalue weighted by molar-refractivity contribution is -0.183. The first-order valence-electron chi connectivity index (χ1n) is 3.55. The Labute approximate surface area is 69.1 Å². The van der Waals surface area contributed by atoms with E-state index in [1.165, 1.54) is 12.2 Å². The lowest BCUT2D eigenvalue weighted by atomic mass is 9.85. The SMILES string of the molecule is CC1=CC(C)(C(F)(F)F)C=C=C1. The molecule has 0 aliphatic heterocycles. The first kappa shape index (κ1) is 9.14. The Hall–Kier alpha value is -0.950. The number of rotatable bonds is 0. The van der Waals surface area contributed by atoms with Gasteiger partial charge in [-0.1, -0.05) is 6.08 Å².